The number of nitrogens with one attached hydrogen (secondary N) is 2. The molecule has 1 aromatic carbocycles. The second kappa shape index (κ2) is 6.04. The van der Waals surface area contributed by atoms with Crippen molar-refractivity contribution in [1.82, 2.24) is 5.32 Å². The van der Waals surface area contributed by atoms with Crippen LogP contribution in [0.2, 0.25) is 0 Å². The zero-order valence-electron chi connectivity index (χ0n) is 14.6. The number of ether oxygens (including phenoxy) is 1. The Morgan fingerprint density at radius 2 is 2.04 bits per heavy atom. The molecule has 1 saturated carbocycles. The highest BCUT2D eigenvalue weighted by Crippen LogP contribution is 2.48. The van der Waals surface area contributed by atoms with E-state index in [1.54, 1.807) is 11.9 Å². The number of rotatable bonds is 2. The number of amides is 1. The molecule has 4 rings (SSSR count). The number of carbonyl (C=O) groups is 1. The number of nitrogens with zero attached hydrogens (tertiary/aromatic N) is 1. The molecule has 1 atom stereocenters. The molecule has 5 nitrogen and oxygen atoms in total. The number of piperidine rings is 1. The van der Waals surface area contributed by atoms with Gasteiger partial charge in [0.1, 0.15) is 5.75 Å². The summed E-state index contributed by atoms with van der Waals surface area (Å²) in [6.07, 6.45) is -0.847. The second-order valence-electron chi connectivity index (χ2n) is 7.38. The van der Waals surface area contributed by atoms with E-state index in [4.69, 9.17) is 4.74 Å². The fourth-order valence-corrected chi connectivity index (χ4v) is 3.95. The Kier molecular flexibility index (Phi) is 4.06. The van der Waals surface area contributed by atoms with Crippen molar-refractivity contribution >= 4 is 17.3 Å². The molecule has 1 aromatic rings. The van der Waals surface area contributed by atoms with Crippen molar-refractivity contribution in [3.63, 3.8) is 0 Å². The average Bonchev–Trinajstić information content (AvgIpc) is 2.58. The van der Waals surface area contributed by atoms with Gasteiger partial charge in [-0.25, -0.2) is 0 Å². The highest BCUT2D eigenvalue weighted by atomic mass is 19.4. The van der Waals surface area contributed by atoms with Crippen LogP contribution in [0.5, 0.6) is 5.75 Å². The molecule has 1 spiro atoms. The summed E-state index contributed by atoms with van der Waals surface area (Å²) >= 11 is 0. The van der Waals surface area contributed by atoms with Crippen LogP contribution in [0.1, 0.15) is 37.7 Å². The molecular formula is C18H22F3N3O2. The summed E-state index contributed by atoms with van der Waals surface area (Å²) in [4.78, 5) is 14.0. The maximum atomic E-state index is 13.7. The summed E-state index contributed by atoms with van der Waals surface area (Å²) in [6, 6.07) is 2.41. The lowest BCUT2D eigenvalue weighted by Gasteiger charge is -2.44. The van der Waals surface area contributed by atoms with Crippen molar-refractivity contribution in [2.75, 3.05) is 30.4 Å². The van der Waals surface area contributed by atoms with E-state index in [0.717, 1.165) is 31.9 Å². The lowest BCUT2D eigenvalue weighted by Crippen LogP contribution is -2.55. The molecule has 0 radical (unpaired) electrons. The van der Waals surface area contributed by atoms with E-state index in [-0.39, 0.29) is 23.4 Å². The zero-order valence-corrected chi connectivity index (χ0v) is 14.6. The van der Waals surface area contributed by atoms with Crippen molar-refractivity contribution < 1.29 is 22.7 Å². The van der Waals surface area contributed by atoms with Gasteiger partial charge < -0.3 is 20.3 Å². The molecule has 0 bridgehead atoms. The summed E-state index contributed by atoms with van der Waals surface area (Å²) in [5, 5.41) is 5.98. The van der Waals surface area contributed by atoms with Crippen LogP contribution in [0.3, 0.4) is 0 Å². The van der Waals surface area contributed by atoms with Crippen molar-refractivity contribution in [3.05, 3.63) is 17.7 Å². The number of hydrogen-bond donors (Lipinski definition) is 2. The van der Waals surface area contributed by atoms with E-state index in [0.29, 0.717) is 25.1 Å². The smallest absolute Gasteiger partial charge is 0.418 e. The Bertz CT molecular complexity index is 725. The van der Waals surface area contributed by atoms with Gasteiger partial charge in [-0.05, 0) is 50.8 Å². The summed E-state index contributed by atoms with van der Waals surface area (Å²) in [6.45, 7) is 1.52. The molecule has 1 saturated heterocycles. The number of carbonyl (C=O) groups excluding carboxylic acids is 1. The summed E-state index contributed by atoms with van der Waals surface area (Å²) in [7, 11) is 1.67. The number of likely N-dealkylation sites (N-methyl/N-ethyl adjacent to an activating group) is 1. The van der Waals surface area contributed by atoms with Gasteiger partial charge in [0.15, 0.2) is 5.60 Å². The molecule has 2 aliphatic heterocycles. The lowest BCUT2D eigenvalue weighted by molar-refractivity contribution is -0.140. The van der Waals surface area contributed by atoms with E-state index in [1.807, 2.05) is 0 Å². The molecule has 2 N–H and O–H groups in total. The minimum atomic E-state index is -4.50. The molecule has 1 unspecified atom stereocenters. The number of alkyl halides is 3. The van der Waals surface area contributed by atoms with Gasteiger partial charge in [0, 0.05) is 19.6 Å². The van der Waals surface area contributed by atoms with Gasteiger partial charge in [0.05, 0.1) is 16.9 Å². The molecule has 2 fully saturated rings. The topological polar surface area (TPSA) is 53.6 Å². The quantitative estimate of drug-likeness (QED) is 0.841. The van der Waals surface area contributed by atoms with Gasteiger partial charge in [-0.3, -0.25) is 4.79 Å². The molecule has 142 valence electrons. The zero-order chi connectivity index (χ0) is 18.5. The third-order valence-electron chi connectivity index (χ3n) is 5.73. The normalized spacial score (nSPS) is 24.3. The first-order chi connectivity index (χ1) is 12.3. The first-order valence-electron chi connectivity index (χ1n) is 8.99. The number of halogens is 3. The van der Waals surface area contributed by atoms with E-state index in [2.05, 4.69) is 10.6 Å². The number of anilines is 2. The number of fused-ring (bicyclic) bond motifs is 1. The predicted molar refractivity (Wildman–Crippen MR) is 91.6 cm³/mol. The van der Waals surface area contributed by atoms with Crippen molar-refractivity contribution in [3.8, 4) is 5.75 Å². The predicted octanol–water partition coefficient (Wildman–Crippen LogP) is 3.15. The Morgan fingerprint density at radius 3 is 2.62 bits per heavy atom. The Hall–Kier alpha value is -1.96. The molecule has 0 aromatic heterocycles. The van der Waals surface area contributed by atoms with Crippen LogP contribution < -0.4 is 20.3 Å². The lowest BCUT2D eigenvalue weighted by atomic mass is 9.78. The van der Waals surface area contributed by atoms with Gasteiger partial charge in [-0.15, -0.1) is 0 Å². The minimum Gasteiger partial charge on any atom is -0.475 e. The van der Waals surface area contributed by atoms with Gasteiger partial charge >= 0.3 is 6.18 Å². The maximum Gasteiger partial charge on any atom is 0.418 e. The van der Waals surface area contributed by atoms with Crippen LogP contribution in [0, 0.1) is 0 Å². The fraction of sp³-hybridized carbons (Fsp3) is 0.611. The van der Waals surface area contributed by atoms with Crippen LogP contribution in [-0.2, 0) is 11.0 Å². The van der Waals surface area contributed by atoms with Crippen LogP contribution in [0.25, 0.3) is 0 Å². The molecular weight excluding hydrogens is 347 g/mol. The van der Waals surface area contributed by atoms with Gasteiger partial charge in [-0.2, -0.15) is 13.2 Å². The van der Waals surface area contributed by atoms with Crippen LogP contribution >= 0.6 is 0 Å². The van der Waals surface area contributed by atoms with Gasteiger partial charge in [-0.1, -0.05) is 0 Å². The maximum absolute atomic E-state index is 13.7. The van der Waals surface area contributed by atoms with Crippen molar-refractivity contribution in [1.29, 1.82) is 0 Å². The van der Waals surface area contributed by atoms with Crippen LogP contribution in [-0.4, -0.2) is 37.7 Å². The van der Waals surface area contributed by atoms with Crippen LogP contribution in [0.15, 0.2) is 12.1 Å². The summed E-state index contributed by atoms with van der Waals surface area (Å²) in [5.41, 5.74) is -1.34. The molecule has 2 heterocycles. The number of benzene rings is 1. The van der Waals surface area contributed by atoms with Crippen LogP contribution in [0.4, 0.5) is 24.5 Å². The summed E-state index contributed by atoms with van der Waals surface area (Å²) in [5.74, 6) is -0.153. The van der Waals surface area contributed by atoms with E-state index < -0.39 is 17.3 Å². The number of hydrogen-bond acceptors (Lipinski definition) is 4. The monoisotopic (exact) mass is 369 g/mol. The van der Waals surface area contributed by atoms with Gasteiger partial charge in [0.25, 0.3) is 5.91 Å². The Labute approximate surface area is 149 Å². The third kappa shape index (κ3) is 2.80. The highest BCUT2D eigenvalue weighted by molar-refractivity contribution is 6.02. The SMILES string of the molecule is CN(c1cc2c(cc1C(F)(F)F)OC1(CCC1)C(=O)N2)C1CCCNC1. The minimum absolute atomic E-state index is 0.0268. The van der Waals surface area contributed by atoms with E-state index in [9.17, 15) is 18.0 Å². The first-order valence-corrected chi connectivity index (χ1v) is 8.99. The standard InChI is InChI=1S/C18H22F3N3O2/c1-24(11-4-2-7-22-10-11)14-9-13-15(8-12(14)18(19,20)21)26-17(5-3-6-17)16(25)23-13/h8-9,11,22H,2-7,10H2,1H3,(H,23,25). The molecule has 26 heavy (non-hydrogen) atoms. The Balaban J connectivity index is 1.74. The van der Waals surface area contributed by atoms with Gasteiger partial charge in [0.2, 0.25) is 0 Å². The highest BCUT2D eigenvalue weighted by Gasteiger charge is 2.50. The average molecular weight is 369 g/mol. The largest absolute Gasteiger partial charge is 0.475 e. The molecule has 8 heteroatoms. The van der Waals surface area contributed by atoms with E-state index in [1.165, 1.54) is 6.07 Å². The third-order valence-corrected chi connectivity index (χ3v) is 5.73. The Morgan fingerprint density at radius 1 is 1.27 bits per heavy atom. The summed E-state index contributed by atoms with van der Waals surface area (Å²) < 4.78 is 46.9. The van der Waals surface area contributed by atoms with E-state index >= 15 is 0 Å². The van der Waals surface area contributed by atoms with Crippen molar-refractivity contribution in [2.24, 2.45) is 0 Å². The second-order valence-corrected chi connectivity index (χ2v) is 7.38. The molecule has 3 aliphatic rings. The first kappa shape index (κ1) is 17.5. The fourth-order valence-electron chi connectivity index (χ4n) is 3.95. The van der Waals surface area contributed by atoms with Crippen molar-refractivity contribution in [2.45, 2.75) is 49.9 Å². The molecule has 1 amide bonds. The molecule has 1 aliphatic carbocycles.